The third-order valence-corrected chi connectivity index (χ3v) is 5.66. The minimum atomic E-state index is 0.518. The van der Waals surface area contributed by atoms with Crippen LogP contribution in [0.5, 0.6) is 0 Å². The van der Waals surface area contributed by atoms with Crippen molar-refractivity contribution in [2.75, 3.05) is 107 Å². The van der Waals surface area contributed by atoms with Gasteiger partial charge >= 0.3 is 0 Å². The van der Waals surface area contributed by atoms with Crippen molar-refractivity contribution < 1.29 is 14.2 Å². The zero-order valence-corrected chi connectivity index (χ0v) is 18.2. The number of aromatic nitrogens is 2. The molecule has 0 bridgehead atoms. The molecule has 3 fully saturated rings. The third-order valence-electron chi connectivity index (χ3n) is 5.41. The van der Waals surface area contributed by atoms with Gasteiger partial charge in [-0.05, 0) is 12.2 Å². The molecule has 0 radical (unpaired) electrons. The van der Waals surface area contributed by atoms with Crippen LogP contribution in [0.3, 0.4) is 0 Å². The standard InChI is InChI=1S/C19H31N7O3S/c30-19(20-1-2-24-3-9-27-10-4-24)23-18-21-16(25-5-11-28-12-6-25)15-17(22-18)26-7-13-29-14-8-26/h15H,1-14H2,(H2,20,21,22,23,30). The molecule has 166 valence electrons. The second kappa shape index (κ2) is 11.0. The summed E-state index contributed by atoms with van der Waals surface area (Å²) in [5.41, 5.74) is 0. The summed E-state index contributed by atoms with van der Waals surface area (Å²) in [5.74, 6) is 2.31. The lowest BCUT2D eigenvalue weighted by molar-refractivity contribution is 0.0389. The van der Waals surface area contributed by atoms with Gasteiger partial charge in [0.25, 0.3) is 0 Å². The van der Waals surface area contributed by atoms with E-state index in [1.54, 1.807) is 0 Å². The van der Waals surface area contributed by atoms with E-state index in [-0.39, 0.29) is 0 Å². The molecule has 4 rings (SSSR count). The summed E-state index contributed by atoms with van der Waals surface area (Å²) in [5, 5.41) is 6.98. The first kappa shape index (κ1) is 21.4. The Kier molecular flexibility index (Phi) is 7.87. The van der Waals surface area contributed by atoms with Crippen LogP contribution in [-0.4, -0.2) is 112 Å². The van der Waals surface area contributed by atoms with Crippen molar-refractivity contribution in [3.63, 3.8) is 0 Å². The Morgan fingerprint density at radius 2 is 1.33 bits per heavy atom. The highest BCUT2D eigenvalue weighted by molar-refractivity contribution is 7.80. The van der Waals surface area contributed by atoms with Crippen molar-refractivity contribution in [1.29, 1.82) is 0 Å². The fraction of sp³-hybridized carbons (Fsp3) is 0.737. The first-order chi connectivity index (χ1) is 14.8. The Hall–Kier alpha value is -1.79. The molecular formula is C19H31N7O3S. The molecule has 0 amide bonds. The Labute approximate surface area is 182 Å². The highest BCUT2D eigenvalue weighted by atomic mass is 32.1. The molecule has 0 spiro atoms. The summed E-state index contributed by atoms with van der Waals surface area (Å²) in [6, 6.07) is 2.05. The van der Waals surface area contributed by atoms with Gasteiger partial charge in [-0.2, -0.15) is 9.97 Å². The molecule has 0 aliphatic carbocycles. The number of ether oxygens (including phenoxy) is 3. The van der Waals surface area contributed by atoms with Crippen LogP contribution in [0.1, 0.15) is 0 Å². The molecule has 3 saturated heterocycles. The molecule has 0 unspecified atom stereocenters. The molecule has 0 aromatic carbocycles. The van der Waals surface area contributed by atoms with Crippen LogP contribution in [0, 0.1) is 0 Å². The van der Waals surface area contributed by atoms with Gasteiger partial charge < -0.3 is 34.6 Å². The second-order valence-corrected chi connectivity index (χ2v) is 7.85. The number of hydrogen-bond donors (Lipinski definition) is 2. The second-order valence-electron chi connectivity index (χ2n) is 7.44. The molecule has 30 heavy (non-hydrogen) atoms. The van der Waals surface area contributed by atoms with Gasteiger partial charge in [0.1, 0.15) is 11.6 Å². The number of hydrogen-bond acceptors (Lipinski definition) is 9. The highest BCUT2D eigenvalue weighted by Gasteiger charge is 2.19. The van der Waals surface area contributed by atoms with E-state index in [4.69, 9.17) is 36.4 Å². The zero-order chi connectivity index (χ0) is 20.6. The molecule has 3 aliphatic heterocycles. The number of nitrogens with one attached hydrogen (secondary N) is 2. The van der Waals surface area contributed by atoms with E-state index in [9.17, 15) is 0 Å². The van der Waals surface area contributed by atoms with E-state index < -0.39 is 0 Å². The molecule has 1 aromatic rings. The van der Waals surface area contributed by atoms with Gasteiger partial charge in [-0.25, -0.2) is 0 Å². The monoisotopic (exact) mass is 437 g/mol. The highest BCUT2D eigenvalue weighted by Crippen LogP contribution is 2.23. The van der Waals surface area contributed by atoms with Gasteiger partial charge in [-0.3, -0.25) is 4.90 Å². The van der Waals surface area contributed by atoms with Gasteiger partial charge in [0.15, 0.2) is 5.11 Å². The molecule has 0 saturated carbocycles. The number of anilines is 3. The van der Waals surface area contributed by atoms with Gasteiger partial charge in [0.05, 0.1) is 39.6 Å². The number of rotatable bonds is 6. The molecule has 2 N–H and O–H groups in total. The maximum absolute atomic E-state index is 5.49. The van der Waals surface area contributed by atoms with E-state index >= 15 is 0 Å². The summed E-state index contributed by atoms with van der Waals surface area (Å²) >= 11 is 5.49. The summed E-state index contributed by atoms with van der Waals surface area (Å²) < 4.78 is 16.4. The average Bonchev–Trinajstić information content (AvgIpc) is 2.81. The minimum Gasteiger partial charge on any atom is -0.379 e. The smallest absolute Gasteiger partial charge is 0.232 e. The maximum atomic E-state index is 5.49. The minimum absolute atomic E-state index is 0.518. The first-order valence-corrected chi connectivity index (χ1v) is 11.1. The predicted octanol–water partition coefficient (Wildman–Crippen LogP) is -0.232. The molecular weight excluding hydrogens is 406 g/mol. The molecule has 11 heteroatoms. The summed E-state index contributed by atoms with van der Waals surface area (Å²) in [7, 11) is 0. The molecule has 10 nitrogen and oxygen atoms in total. The van der Waals surface area contributed by atoms with Gasteiger partial charge in [-0.1, -0.05) is 0 Å². The number of morpholine rings is 3. The normalized spacial score (nSPS) is 20.8. The Morgan fingerprint density at radius 1 is 0.833 bits per heavy atom. The van der Waals surface area contributed by atoms with Gasteiger partial charge in [0, 0.05) is 58.4 Å². The van der Waals surface area contributed by atoms with Crippen molar-refractivity contribution in [3.05, 3.63) is 6.07 Å². The van der Waals surface area contributed by atoms with E-state index in [1.165, 1.54) is 0 Å². The quantitative estimate of drug-likeness (QED) is 0.579. The van der Waals surface area contributed by atoms with Crippen molar-refractivity contribution in [3.8, 4) is 0 Å². The topological polar surface area (TPSA) is 87.2 Å². The molecule has 3 aliphatic rings. The average molecular weight is 438 g/mol. The third kappa shape index (κ3) is 6.11. The zero-order valence-electron chi connectivity index (χ0n) is 17.3. The van der Waals surface area contributed by atoms with Crippen LogP contribution in [0.2, 0.25) is 0 Å². The van der Waals surface area contributed by atoms with Crippen molar-refractivity contribution in [2.24, 2.45) is 0 Å². The Balaban J connectivity index is 1.39. The Bertz CT molecular complexity index is 656. The fourth-order valence-electron chi connectivity index (χ4n) is 3.68. The van der Waals surface area contributed by atoms with Gasteiger partial charge in [0.2, 0.25) is 5.95 Å². The SMILES string of the molecule is S=C(NCCN1CCOCC1)Nc1nc(N2CCOCC2)cc(N2CCOCC2)n1. The van der Waals surface area contributed by atoms with Crippen LogP contribution in [0.25, 0.3) is 0 Å². The lowest BCUT2D eigenvalue weighted by atomic mass is 10.3. The van der Waals surface area contributed by atoms with Crippen LogP contribution in [-0.2, 0) is 14.2 Å². The molecule has 4 heterocycles. The predicted molar refractivity (Wildman–Crippen MR) is 120 cm³/mol. The lowest BCUT2D eigenvalue weighted by Crippen LogP contribution is -2.42. The van der Waals surface area contributed by atoms with Crippen molar-refractivity contribution in [1.82, 2.24) is 20.2 Å². The van der Waals surface area contributed by atoms with Crippen LogP contribution in [0.15, 0.2) is 6.07 Å². The maximum Gasteiger partial charge on any atom is 0.232 e. The number of nitrogens with zero attached hydrogens (tertiary/aromatic N) is 5. The van der Waals surface area contributed by atoms with E-state index in [0.717, 1.165) is 77.2 Å². The van der Waals surface area contributed by atoms with Crippen molar-refractivity contribution in [2.45, 2.75) is 0 Å². The Morgan fingerprint density at radius 3 is 1.87 bits per heavy atom. The van der Waals surface area contributed by atoms with Crippen LogP contribution >= 0.6 is 12.2 Å². The lowest BCUT2D eigenvalue weighted by Gasteiger charge is -2.31. The van der Waals surface area contributed by atoms with Gasteiger partial charge in [-0.15, -0.1) is 0 Å². The van der Waals surface area contributed by atoms with Crippen LogP contribution in [0.4, 0.5) is 17.6 Å². The summed E-state index contributed by atoms with van der Waals surface area (Å²) in [6.07, 6.45) is 0. The summed E-state index contributed by atoms with van der Waals surface area (Å²) in [6.45, 7) is 11.4. The first-order valence-electron chi connectivity index (χ1n) is 10.7. The van der Waals surface area contributed by atoms with E-state index in [2.05, 4.69) is 31.4 Å². The molecule has 0 atom stereocenters. The summed E-state index contributed by atoms with van der Waals surface area (Å²) in [4.78, 5) is 16.3. The van der Waals surface area contributed by atoms with Crippen molar-refractivity contribution >= 4 is 34.9 Å². The van der Waals surface area contributed by atoms with E-state index in [1.807, 2.05) is 0 Å². The largest absolute Gasteiger partial charge is 0.379 e. The molecule has 1 aromatic heterocycles. The fourth-order valence-corrected chi connectivity index (χ4v) is 3.88. The number of thiocarbonyl (C=S) groups is 1. The van der Waals surface area contributed by atoms with E-state index in [0.29, 0.717) is 37.5 Å². The van der Waals surface area contributed by atoms with Crippen LogP contribution < -0.4 is 20.4 Å².